The highest BCUT2D eigenvalue weighted by Gasteiger charge is 2.30. The molecular formula is C10H15FN4. The second-order valence-electron chi connectivity index (χ2n) is 3.93. The Morgan fingerprint density at radius 3 is 2.87 bits per heavy atom. The van der Waals surface area contributed by atoms with Crippen molar-refractivity contribution in [3.63, 3.8) is 0 Å². The lowest BCUT2D eigenvalue weighted by molar-refractivity contribution is 0.306. The topological polar surface area (TPSA) is 55.0 Å². The Hall–Kier alpha value is -1.39. The number of halogens is 1. The third-order valence-electron chi connectivity index (χ3n) is 2.93. The second-order valence-corrected chi connectivity index (χ2v) is 3.93. The molecule has 2 rings (SSSR count). The molecule has 15 heavy (non-hydrogen) atoms. The summed E-state index contributed by atoms with van der Waals surface area (Å²) in [7, 11) is 1.85. The Kier molecular flexibility index (Phi) is 2.70. The minimum Gasteiger partial charge on any atom is -0.384 e. The summed E-state index contributed by atoms with van der Waals surface area (Å²) in [6.45, 7) is 0. The molecule has 5 heteroatoms. The van der Waals surface area contributed by atoms with Gasteiger partial charge in [0.2, 0.25) is 0 Å². The maximum absolute atomic E-state index is 13.5. The third-order valence-corrected chi connectivity index (χ3v) is 2.93. The Bertz CT molecular complexity index is 344. The summed E-state index contributed by atoms with van der Waals surface area (Å²) in [5.41, 5.74) is 5.56. The summed E-state index contributed by atoms with van der Waals surface area (Å²) in [5, 5.41) is 0. The van der Waals surface area contributed by atoms with Crippen molar-refractivity contribution in [2.24, 2.45) is 0 Å². The molecule has 0 aliphatic heterocycles. The first kappa shape index (κ1) is 10.1. The third kappa shape index (κ3) is 2.00. The number of hydrogen-bond acceptors (Lipinski definition) is 4. The quantitative estimate of drug-likeness (QED) is 0.801. The van der Waals surface area contributed by atoms with E-state index in [0.29, 0.717) is 18.1 Å². The highest BCUT2D eigenvalue weighted by Crippen LogP contribution is 2.28. The summed E-state index contributed by atoms with van der Waals surface area (Å²) in [5.74, 6) is 1.11. The van der Waals surface area contributed by atoms with E-state index in [2.05, 4.69) is 9.97 Å². The van der Waals surface area contributed by atoms with Gasteiger partial charge in [-0.05, 0) is 19.3 Å². The minimum atomic E-state index is -0.758. The molecule has 2 N–H and O–H groups in total. The standard InChI is InChI=1S/C10H15FN4/c1-15(8-4-2-3-7(8)11)10-5-9(12)13-6-14-10/h5-8H,2-4H2,1H3,(H2,12,13,14)/t7-,8-/m1/s1. The van der Waals surface area contributed by atoms with E-state index >= 15 is 0 Å². The summed E-state index contributed by atoms with van der Waals surface area (Å²) in [4.78, 5) is 9.76. The Labute approximate surface area is 88.3 Å². The lowest BCUT2D eigenvalue weighted by atomic mass is 10.2. The summed E-state index contributed by atoms with van der Waals surface area (Å²) < 4.78 is 13.5. The van der Waals surface area contributed by atoms with Crippen molar-refractivity contribution in [1.82, 2.24) is 9.97 Å². The number of nitrogens with zero attached hydrogens (tertiary/aromatic N) is 3. The van der Waals surface area contributed by atoms with Gasteiger partial charge in [0.1, 0.15) is 24.1 Å². The Balaban J connectivity index is 2.16. The number of aromatic nitrogens is 2. The van der Waals surface area contributed by atoms with Crippen LogP contribution in [-0.2, 0) is 0 Å². The van der Waals surface area contributed by atoms with Gasteiger partial charge in [0.25, 0.3) is 0 Å². The zero-order valence-corrected chi connectivity index (χ0v) is 8.73. The molecular weight excluding hydrogens is 195 g/mol. The van der Waals surface area contributed by atoms with Crippen LogP contribution in [0.15, 0.2) is 12.4 Å². The lowest BCUT2D eigenvalue weighted by Crippen LogP contribution is -2.36. The van der Waals surface area contributed by atoms with Gasteiger partial charge >= 0.3 is 0 Å². The molecule has 1 aliphatic carbocycles. The van der Waals surface area contributed by atoms with E-state index < -0.39 is 6.17 Å². The maximum Gasteiger partial charge on any atom is 0.134 e. The largest absolute Gasteiger partial charge is 0.384 e. The fourth-order valence-corrected chi connectivity index (χ4v) is 2.06. The van der Waals surface area contributed by atoms with Crippen LogP contribution in [-0.4, -0.2) is 29.2 Å². The molecule has 1 saturated carbocycles. The van der Waals surface area contributed by atoms with Gasteiger partial charge in [0.15, 0.2) is 0 Å². The monoisotopic (exact) mass is 210 g/mol. The van der Waals surface area contributed by atoms with Crippen LogP contribution in [0.3, 0.4) is 0 Å². The number of anilines is 2. The SMILES string of the molecule is CN(c1cc(N)ncn1)[C@@H]1CCC[C@H]1F. The first-order chi connectivity index (χ1) is 7.18. The molecule has 82 valence electrons. The highest BCUT2D eigenvalue weighted by atomic mass is 19.1. The van der Waals surface area contributed by atoms with Crippen LogP contribution in [0.2, 0.25) is 0 Å². The molecule has 1 heterocycles. The normalized spacial score (nSPS) is 25.5. The second kappa shape index (κ2) is 4.00. The fraction of sp³-hybridized carbons (Fsp3) is 0.600. The van der Waals surface area contributed by atoms with E-state index in [1.165, 1.54) is 6.33 Å². The molecule has 0 saturated heterocycles. The molecule has 1 aliphatic rings. The van der Waals surface area contributed by atoms with E-state index in [1.807, 2.05) is 11.9 Å². The van der Waals surface area contributed by atoms with Crippen molar-refractivity contribution in [3.05, 3.63) is 12.4 Å². The molecule has 0 spiro atoms. The molecule has 0 amide bonds. The molecule has 1 aromatic rings. The number of alkyl halides is 1. The first-order valence-electron chi connectivity index (χ1n) is 5.13. The molecule has 0 radical (unpaired) electrons. The minimum absolute atomic E-state index is 0.0701. The smallest absolute Gasteiger partial charge is 0.134 e. The van der Waals surface area contributed by atoms with Gasteiger partial charge in [-0.1, -0.05) is 0 Å². The molecule has 0 unspecified atom stereocenters. The summed E-state index contributed by atoms with van der Waals surface area (Å²) in [6, 6.07) is 1.60. The van der Waals surface area contributed by atoms with E-state index in [9.17, 15) is 4.39 Å². The molecule has 1 aromatic heterocycles. The van der Waals surface area contributed by atoms with Crippen LogP contribution >= 0.6 is 0 Å². The average Bonchev–Trinajstić information content (AvgIpc) is 2.63. The number of hydrogen-bond donors (Lipinski definition) is 1. The fourth-order valence-electron chi connectivity index (χ4n) is 2.06. The van der Waals surface area contributed by atoms with Crippen molar-refractivity contribution in [3.8, 4) is 0 Å². The first-order valence-corrected chi connectivity index (χ1v) is 5.13. The van der Waals surface area contributed by atoms with Crippen LogP contribution in [0.1, 0.15) is 19.3 Å². The van der Waals surface area contributed by atoms with E-state index in [0.717, 1.165) is 12.8 Å². The van der Waals surface area contributed by atoms with Crippen molar-refractivity contribution >= 4 is 11.6 Å². The predicted octanol–water partition coefficient (Wildman–Crippen LogP) is 1.39. The van der Waals surface area contributed by atoms with Crippen LogP contribution in [0.5, 0.6) is 0 Å². The van der Waals surface area contributed by atoms with Gasteiger partial charge in [-0.2, -0.15) is 0 Å². The summed E-state index contributed by atoms with van der Waals surface area (Å²) in [6.07, 6.45) is 3.11. The van der Waals surface area contributed by atoms with Crippen molar-refractivity contribution in [2.75, 3.05) is 17.7 Å². The van der Waals surface area contributed by atoms with Crippen molar-refractivity contribution in [1.29, 1.82) is 0 Å². The zero-order chi connectivity index (χ0) is 10.8. The molecule has 1 fully saturated rings. The van der Waals surface area contributed by atoms with Crippen LogP contribution in [0, 0.1) is 0 Å². The Morgan fingerprint density at radius 1 is 1.47 bits per heavy atom. The van der Waals surface area contributed by atoms with Gasteiger partial charge < -0.3 is 10.6 Å². The Morgan fingerprint density at radius 2 is 2.27 bits per heavy atom. The van der Waals surface area contributed by atoms with Crippen LogP contribution in [0.4, 0.5) is 16.0 Å². The van der Waals surface area contributed by atoms with Crippen molar-refractivity contribution < 1.29 is 4.39 Å². The van der Waals surface area contributed by atoms with Gasteiger partial charge in [-0.25, -0.2) is 14.4 Å². The van der Waals surface area contributed by atoms with E-state index in [-0.39, 0.29) is 6.04 Å². The van der Waals surface area contributed by atoms with Gasteiger partial charge in [-0.3, -0.25) is 0 Å². The molecule has 0 aromatic carbocycles. The van der Waals surface area contributed by atoms with E-state index in [4.69, 9.17) is 5.73 Å². The number of nitrogens with two attached hydrogens (primary N) is 1. The van der Waals surface area contributed by atoms with Gasteiger partial charge in [-0.15, -0.1) is 0 Å². The molecule has 4 nitrogen and oxygen atoms in total. The van der Waals surface area contributed by atoms with Crippen LogP contribution < -0.4 is 10.6 Å². The maximum atomic E-state index is 13.5. The number of nitrogen functional groups attached to an aromatic ring is 1. The predicted molar refractivity (Wildman–Crippen MR) is 57.4 cm³/mol. The molecule has 0 bridgehead atoms. The lowest BCUT2D eigenvalue weighted by Gasteiger charge is -2.26. The van der Waals surface area contributed by atoms with Crippen molar-refractivity contribution in [2.45, 2.75) is 31.5 Å². The zero-order valence-electron chi connectivity index (χ0n) is 8.73. The summed E-state index contributed by atoms with van der Waals surface area (Å²) >= 11 is 0. The molecule has 2 atom stereocenters. The average molecular weight is 210 g/mol. The van der Waals surface area contributed by atoms with Crippen LogP contribution in [0.25, 0.3) is 0 Å². The highest BCUT2D eigenvalue weighted by molar-refractivity contribution is 5.46. The number of rotatable bonds is 2. The van der Waals surface area contributed by atoms with Gasteiger partial charge in [0.05, 0.1) is 6.04 Å². The van der Waals surface area contributed by atoms with Gasteiger partial charge in [0, 0.05) is 13.1 Å². The van der Waals surface area contributed by atoms with E-state index in [1.54, 1.807) is 6.07 Å².